The van der Waals surface area contributed by atoms with Gasteiger partial charge in [0.05, 0.1) is 37.1 Å². The normalized spacial score (nSPS) is 11.0. The lowest BCUT2D eigenvalue weighted by molar-refractivity contribution is -0.384. The van der Waals surface area contributed by atoms with Gasteiger partial charge in [-0.3, -0.25) is 19.7 Å². The van der Waals surface area contributed by atoms with Crippen LogP contribution in [0.3, 0.4) is 0 Å². The van der Waals surface area contributed by atoms with Crippen LogP contribution < -0.4 is 25.0 Å². The maximum atomic E-state index is 12.4. The molecule has 0 saturated carbocycles. The number of carbonyl (C=O) groups is 3. The molecule has 0 heterocycles. The number of anilines is 1. The summed E-state index contributed by atoms with van der Waals surface area (Å²) in [5.41, 5.74) is 2.81. The number of hydrogen-bond donors (Lipinski definition) is 2. The van der Waals surface area contributed by atoms with Crippen LogP contribution in [0, 0.1) is 10.1 Å². The number of rotatable bonds is 24. The Labute approximate surface area is 314 Å². The number of nitro benzene ring substituents is 1. The third-order valence-electron chi connectivity index (χ3n) is 7.90. The molecule has 2 N–H and O–H groups in total. The number of likely N-dealkylation sites (N-methyl/N-ethyl adjacent to an activating group) is 1. The first-order valence-electron chi connectivity index (χ1n) is 17.6. The molecular formula is C37H48N8O9. The number of amides is 2. The molecule has 54 heavy (non-hydrogen) atoms. The number of nitro groups is 1. The second kappa shape index (κ2) is 23.6. The molecule has 3 rings (SSSR count). The summed E-state index contributed by atoms with van der Waals surface area (Å²) in [5.74, 6) is -0.00898. The molecule has 0 aromatic heterocycles. The minimum Gasteiger partial charge on any atom is -0.494 e. The molecule has 3 aromatic carbocycles. The highest BCUT2D eigenvalue weighted by molar-refractivity contribution is 5.77. The Kier molecular flexibility index (Phi) is 18.5. The first-order chi connectivity index (χ1) is 26.2. The fraction of sp³-hybridized carbons (Fsp3) is 0.432. The summed E-state index contributed by atoms with van der Waals surface area (Å²) in [5, 5.41) is 33.4. The van der Waals surface area contributed by atoms with E-state index in [0.717, 1.165) is 31.5 Å². The van der Waals surface area contributed by atoms with Gasteiger partial charge in [0.15, 0.2) is 0 Å². The monoisotopic (exact) mass is 748 g/mol. The number of nitrogens with zero attached hydrogens (tertiary/aromatic N) is 6. The van der Waals surface area contributed by atoms with E-state index in [9.17, 15) is 24.5 Å². The van der Waals surface area contributed by atoms with E-state index in [4.69, 9.17) is 18.9 Å². The van der Waals surface area contributed by atoms with Crippen molar-refractivity contribution < 1.29 is 38.3 Å². The maximum absolute atomic E-state index is 12.4. The molecule has 0 aliphatic heterocycles. The summed E-state index contributed by atoms with van der Waals surface area (Å²) >= 11 is 0. The highest BCUT2D eigenvalue weighted by Gasteiger charge is 2.13. The zero-order valence-electron chi connectivity index (χ0n) is 31.1. The number of esters is 1. The average molecular weight is 749 g/mol. The van der Waals surface area contributed by atoms with Gasteiger partial charge >= 0.3 is 5.97 Å². The fourth-order valence-corrected chi connectivity index (χ4v) is 4.94. The number of hydrogen-bond acceptors (Lipinski definition) is 14. The third-order valence-corrected chi connectivity index (χ3v) is 7.90. The number of nitrogens with one attached hydrogen (secondary N) is 2. The van der Waals surface area contributed by atoms with Crippen molar-refractivity contribution in [1.82, 2.24) is 10.6 Å². The Balaban J connectivity index is 1.40. The zero-order chi connectivity index (χ0) is 39.1. The summed E-state index contributed by atoms with van der Waals surface area (Å²) in [4.78, 5) is 47.6. The van der Waals surface area contributed by atoms with Crippen LogP contribution in [0.2, 0.25) is 0 Å². The van der Waals surface area contributed by atoms with Crippen molar-refractivity contribution >= 4 is 51.9 Å². The van der Waals surface area contributed by atoms with Crippen LogP contribution in [0.5, 0.6) is 11.5 Å². The quantitative estimate of drug-likeness (QED) is 0.0314. The molecule has 0 bridgehead atoms. The van der Waals surface area contributed by atoms with Gasteiger partial charge in [-0.1, -0.05) is 6.42 Å². The number of methoxy groups -OCH3 is 2. The SMILES string of the molecule is CCN(CCCC(=O)NCCCCCCOC(=O)COCC(=O)NC)c1ccc(N=Nc2cc(OC)c(N=Nc3ccc([N+](=O)[O-])cc3)cc2OC)cc1. The van der Waals surface area contributed by atoms with Gasteiger partial charge in [-0.15, -0.1) is 10.2 Å². The molecule has 3 aromatic rings. The van der Waals surface area contributed by atoms with Crippen molar-refractivity contribution in [1.29, 1.82) is 0 Å². The summed E-state index contributed by atoms with van der Waals surface area (Å²) in [7, 11) is 4.48. The van der Waals surface area contributed by atoms with Crippen molar-refractivity contribution in [3.63, 3.8) is 0 Å². The number of non-ortho nitro benzene ring substituents is 1. The van der Waals surface area contributed by atoms with E-state index in [1.165, 1.54) is 45.5 Å². The predicted molar refractivity (Wildman–Crippen MR) is 202 cm³/mol. The molecule has 0 fully saturated rings. The van der Waals surface area contributed by atoms with Gasteiger partial charge in [-0.2, -0.15) is 10.2 Å². The Morgan fingerprint density at radius 1 is 0.778 bits per heavy atom. The first kappa shape index (κ1) is 42.4. The molecule has 0 aliphatic rings. The molecule has 0 radical (unpaired) electrons. The van der Waals surface area contributed by atoms with Crippen molar-refractivity contribution in [3.8, 4) is 11.5 Å². The van der Waals surface area contributed by atoms with Crippen molar-refractivity contribution in [3.05, 3.63) is 70.8 Å². The molecule has 0 unspecified atom stereocenters. The van der Waals surface area contributed by atoms with Crippen LogP contribution >= 0.6 is 0 Å². The van der Waals surface area contributed by atoms with E-state index in [2.05, 4.69) is 42.9 Å². The standard InChI is InChI=1S/C37H48N8O9/c1-5-44(21-10-11-35(46)39-20-8-6-7-9-22-54-37(48)26-53-25-36(47)38-2)29-16-12-27(13-17-29)40-42-31-23-34(52-4)32(24-33(31)51-3)43-41-28-14-18-30(19-15-28)45(49)50/h12-19,23-24H,5-11,20-22,25-26H2,1-4H3,(H,38,47)(H,39,46). The van der Waals surface area contributed by atoms with Gasteiger partial charge in [-0.05, 0) is 69.0 Å². The summed E-state index contributed by atoms with van der Waals surface area (Å²) in [6, 6.07) is 16.6. The lowest BCUT2D eigenvalue weighted by Crippen LogP contribution is -2.28. The molecule has 2 amide bonds. The number of unbranched alkanes of at least 4 members (excludes halogenated alkanes) is 3. The highest BCUT2D eigenvalue weighted by Crippen LogP contribution is 2.41. The van der Waals surface area contributed by atoms with E-state index in [0.29, 0.717) is 73.2 Å². The van der Waals surface area contributed by atoms with Gasteiger partial charge in [0.2, 0.25) is 11.8 Å². The van der Waals surface area contributed by atoms with Crippen LogP contribution in [0.4, 0.5) is 34.1 Å². The van der Waals surface area contributed by atoms with Crippen LogP contribution in [0.1, 0.15) is 45.4 Å². The van der Waals surface area contributed by atoms with Gasteiger partial charge < -0.3 is 34.5 Å². The molecule has 17 heteroatoms. The van der Waals surface area contributed by atoms with Crippen LogP contribution in [0.15, 0.2) is 81.1 Å². The van der Waals surface area contributed by atoms with Gasteiger partial charge in [0.1, 0.15) is 36.1 Å². The third kappa shape index (κ3) is 14.9. The maximum Gasteiger partial charge on any atom is 0.332 e. The predicted octanol–water partition coefficient (Wildman–Crippen LogP) is 7.03. The van der Waals surface area contributed by atoms with Crippen LogP contribution in [-0.4, -0.2) is 83.4 Å². The Hall–Kier alpha value is -5.97. The minimum absolute atomic E-state index is 0.0140. The van der Waals surface area contributed by atoms with Crippen molar-refractivity contribution in [2.75, 3.05) is 65.6 Å². The topological polar surface area (TPSA) is 208 Å². The van der Waals surface area contributed by atoms with E-state index in [1.54, 1.807) is 12.1 Å². The van der Waals surface area contributed by atoms with E-state index >= 15 is 0 Å². The Morgan fingerprint density at radius 3 is 1.93 bits per heavy atom. The lowest BCUT2D eigenvalue weighted by atomic mass is 10.2. The summed E-state index contributed by atoms with van der Waals surface area (Å²) in [6.45, 7) is 3.99. The van der Waals surface area contributed by atoms with Gasteiger partial charge in [0.25, 0.3) is 5.69 Å². The molecular weight excluding hydrogens is 700 g/mol. The summed E-state index contributed by atoms with van der Waals surface area (Å²) < 4.78 is 21.0. The first-order valence-corrected chi connectivity index (χ1v) is 17.6. The smallest absolute Gasteiger partial charge is 0.332 e. The molecule has 17 nitrogen and oxygen atoms in total. The Morgan fingerprint density at radius 2 is 1.37 bits per heavy atom. The van der Waals surface area contributed by atoms with E-state index in [1.807, 2.05) is 24.3 Å². The number of azo groups is 2. The zero-order valence-corrected chi connectivity index (χ0v) is 31.1. The second-order valence-electron chi connectivity index (χ2n) is 11.7. The second-order valence-corrected chi connectivity index (χ2v) is 11.7. The Bertz CT molecular complexity index is 1720. The molecule has 0 saturated heterocycles. The molecule has 290 valence electrons. The van der Waals surface area contributed by atoms with E-state index in [-0.39, 0.29) is 30.7 Å². The lowest BCUT2D eigenvalue weighted by Gasteiger charge is -2.23. The largest absolute Gasteiger partial charge is 0.494 e. The highest BCUT2D eigenvalue weighted by atomic mass is 16.6. The molecule has 0 spiro atoms. The fourth-order valence-electron chi connectivity index (χ4n) is 4.94. The van der Waals surface area contributed by atoms with Gasteiger partial charge in [0, 0.05) is 63.1 Å². The van der Waals surface area contributed by atoms with Crippen molar-refractivity contribution in [2.24, 2.45) is 20.5 Å². The summed E-state index contributed by atoms with van der Waals surface area (Å²) in [6.07, 6.45) is 4.44. The van der Waals surface area contributed by atoms with Gasteiger partial charge in [-0.25, -0.2) is 4.79 Å². The van der Waals surface area contributed by atoms with Crippen LogP contribution in [0.25, 0.3) is 0 Å². The number of carbonyl (C=O) groups excluding carboxylic acids is 3. The van der Waals surface area contributed by atoms with Crippen molar-refractivity contribution in [2.45, 2.75) is 45.4 Å². The van der Waals surface area contributed by atoms with Crippen LogP contribution in [-0.2, 0) is 23.9 Å². The molecule has 0 atom stereocenters. The number of benzene rings is 3. The minimum atomic E-state index is -0.499. The van der Waals surface area contributed by atoms with E-state index < -0.39 is 10.9 Å². The number of ether oxygens (including phenoxy) is 4. The average Bonchev–Trinajstić information content (AvgIpc) is 3.19. The molecule has 0 aliphatic carbocycles.